The first-order valence-corrected chi connectivity index (χ1v) is 6.39. The van der Waals surface area contributed by atoms with Crippen molar-refractivity contribution in [2.45, 2.75) is 19.9 Å². The molecule has 0 aliphatic heterocycles. The van der Waals surface area contributed by atoms with E-state index in [0.29, 0.717) is 5.82 Å². The zero-order chi connectivity index (χ0) is 14.1. The topological polar surface area (TPSA) is 75.6 Å². The van der Waals surface area contributed by atoms with Gasteiger partial charge in [0.05, 0.1) is 23.6 Å². The third kappa shape index (κ3) is 2.05. The van der Waals surface area contributed by atoms with Crippen LogP contribution in [0.4, 0.5) is 5.82 Å². The second-order valence-corrected chi connectivity index (χ2v) is 4.73. The molecular weight excluding hydrogens is 254 g/mol. The zero-order valence-corrected chi connectivity index (χ0v) is 11.3. The van der Waals surface area contributed by atoms with Gasteiger partial charge in [0.2, 0.25) is 5.91 Å². The van der Waals surface area contributed by atoms with Crippen molar-refractivity contribution in [1.29, 1.82) is 0 Å². The molecule has 2 N–H and O–H groups in total. The SMILES string of the molecule is Cc1cn[nH]c1NC(=O)C(C)n1cnc2ccccc21. The van der Waals surface area contributed by atoms with Crippen molar-refractivity contribution in [3.8, 4) is 0 Å². The van der Waals surface area contributed by atoms with E-state index in [1.165, 1.54) is 0 Å². The van der Waals surface area contributed by atoms with Gasteiger partial charge in [0, 0.05) is 5.56 Å². The first-order valence-electron chi connectivity index (χ1n) is 6.39. The Morgan fingerprint density at radius 1 is 1.40 bits per heavy atom. The fourth-order valence-electron chi connectivity index (χ4n) is 2.11. The van der Waals surface area contributed by atoms with E-state index in [1.54, 1.807) is 12.5 Å². The van der Waals surface area contributed by atoms with Crippen molar-refractivity contribution in [3.63, 3.8) is 0 Å². The maximum atomic E-state index is 12.3. The molecule has 6 heteroatoms. The van der Waals surface area contributed by atoms with Crippen LogP contribution < -0.4 is 5.32 Å². The number of benzene rings is 1. The summed E-state index contributed by atoms with van der Waals surface area (Å²) in [5.41, 5.74) is 2.72. The summed E-state index contributed by atoms with van der Waals surface area (Å²) >= 11 is 0. The van der Waals surface area contributed by atoms with Crippen LogP contribution in [0.1, 0.15) is 18.5 Å². The summed E-state index contributed by atoms with van der Waals surface area (Å²) in [7, 11) is 0. The van der Waals surface area contributed by atoms with Crippen molar-refractivity contribution in [1.82, 2.24) is 19.7 Å². The minimum absolute atomic E-state index is 0.111. The molecule has 20 heavy (non-hydrogen) atoms. The molecule has 0 aliphatic carbocycles. The second-order valence-electron chi connectivity index (χ2n) is 4.73. The number of aromatic nitrogens is 4. The molecule has 3 rings (SSSR count). The van der Waals surface area contributed by atoms with Crippen LogP contribution in [0.2, 0.25) is 0 Å². The van der Waals surface area contributed by atoms with E-state index >= 15 is 0 Å². The van der Waals surface area contributed by atoms with Crippen molar-refractivity contribution in [2.24, 2.45) is 0 Å². The number of carbonyl (C=O) groups is 1. The molecule has 0 saturated heterocycles. The molecule has 102 valence electrons. The van der Waals surface area contributed by atoms with E-state index < -0.39 is 0 Å². The number of H-pyrrole nitrogens is 1. The third-order valence-corrected chi connectivity index (χ3v) is 3.35. The highest BCUT2D eigenvalue weighted by Gasteiger charge is 2.18. The largest absolute Gasteiger partial charge is 0.318 e. The van der Waals surface area contributed by atoms with E-state index in [9.17, 15) is 4.79 Å². The van der Waals surface area contributed by atoms with Gasteiger partial charge in [0.1, 0.15) is 11.9 Å². The molecule has 0 saturated carbocycles. The number of anilines is 1. The van der Waals surface area contributed by atoms with Gasteiger partial charge < -0.3 is 9.88 Å². The Bertz CT molecular complexity index is 758. The number of hydrogen-bond donors (Lipinski definition) is 2. The van der Waals surface area contributed by atoms with Crippen molar-refractivity contribution >= 4 is 22.8 Å². The molecule has 3 aromatic rings. The molecule has 1 aromatic carbocycles. The number of fused-ring (bicyclic) bond motifs is 1. The summed E-state index contributed by atoms with van der Waals surface area (Å²) in [6.07, 6.45) is 3.36. The van der Waals surface area contributed by atoms with Gasteiger partial charge in [-0.15, -0.1) is 0 Å². The lowest BCUT2D eigenvalue weighted by molar-refractivity contribution is -0.118. The summed E-state index contributed by atoms with van der Waals surface area (Å²) in [6.45, 7) is 3.73. The van der Waals surface area contributed by atoms with E-state index in [0.717, 1.165) is 16.6 Å². The Morgan fingerprint density at radius 2 is 2.20 bits per heavy atom. The molecule has 0 bridgehead atoms. The molecule has 0 fully saturated rings. The van der Waals surface area contributed by atoms with Gasteiger partial charge in [-0.3, -0.25) is 9.89 Å². The maximum absolute atomic E-state index is 12.3. The zero-order valence-electron chi connectivity index (χ0n) is 11.3. The Labute approximate surface area is 115 Å². The lowest BCUT2D eigenvalue weighted by Crippen LogP contribution is -2.23. The van der Waals surface area contributed by atoms with E-state index in [1.807, 2.05) is 42.7 Å². The molecule has 1 amide bonds. The Kier molecular flexibility index (Phi) is 2.98. The molecule has 0 radical (unpaired) electrons. The standard InChI is InChI=1S/C14H15N5O/c1-9-7-16-18-13(9)17-14(20)10(2)19-8-15-11-5-3-4-6-12(11)19/h3-8,10H,1-2H3,(H2,16,17,18,20). The van der Waals surface area contributed by atoms with Crippen LogP contribution >= 0.6 is 0 Å². The molecule has 6 nitrogen and oxygen atoms in total. The van der Waals surface area contributed by atoms with Crippen LogP contribution in [0, 0.1) is 6.92 Å². The third-order valence-electron chi connectivity index (χ3n) is 3.35. The van der Waals surface area contributed by atoms with Gasteiger partial charge in [0.25, 0.3) is 0 Å². The number of rotatable bonds is 3. The molecule has 2 heterocycles. The summed E-state index contributed by atoms with van der Waals surface area (Å²) in [5.74, 6) is 0.520. The first kappa shape index (κ1) is 12.4. The number of aromatic amines is 1. The van der Waals surface area contributed by atoms with Crippen molar-refractivity contribution < 1.29 is 4.79 Å². The summed E-state index contributed by atoms with van der Waals surface area (Å²) < 4.78 is 1.86. The Hall–Kier alpha value is -2.63. The van der Waals surface area contributed by atoms with E-state index in [4.69, 9.17) is 0 Å². The molecule has 1 atom stereocenters. The number of hydrogen-bond acceptors (Lipinski definition) is 3. The van der Waals surface area contributed by atoms with E-state index in [2.05, 4.69) is 20.5 Å². The van der Waals surface area contributed by atoms with E-state index in [-0.39, 0.29) is 11.9 Å². The van der Waals surface area contributed by atoms with Crippen LogP contribution in [0.5, 0.6) is 0 Å². The number of carbonyl (C=O) groups excluding carboxylic acids is 1. The lowest BCUT2D eigenvalue weighted by Gasteiger charge is -2.14. The smallest absolute Gasteiger partial charge is 0.248 e. The van der Waals surface area contributed by atoms with Crippen LogP contribution in [-0.2, 0) is 4.79 Å². The Balaban J connectivity index is 1.87. The molecule has 0 spiro atoms. The molecule has 1 unspecified atom stereocenters. The quantitative estimate of drug-likeness (QED) is 0.765. The normalized spacial score (nSPS) is 12.5. The highest BCUT2D eigenvalue weighted by atomic mass is 16.2. The lowest BCUT2D eigenvalue weighted by atomic mass is 10.2. The average Bonchev–Trinajstić information content (AvgIpc) is 3.05. The van der Waals surface area contributed by atoms with Gasteiger partial charge in [-0.25, -0.2) is 4.98 Å². The number of nitrogens with one attached hydrogen (secondary N) is 2. The highest BCUT2D eigenvalue weighted by Crippen LogP contribution is 2.19. The fraction of sp³-hybridized carbons (Fsp3) is 0.214. The van der Waals surface area contributed by atoms with Crippen molar-refractivity contribution in [3.05, 3.63) is 42.4 Å². The average molecular weight is 269 g/mol. The highest BCUT2D eigenvalue weighted by molar-refractivity contribution is 5.94. The number of nitrogens with zero attached hydrogens (tertiary/aromatic N) is 3. The fourth-order valence-corrected chi connectivity index (χ4v) is 2.11. The van der Waals surface area contributed by atoms with Gasteiger partial charge in [-0.1, -0.05) is 12.1 Å². The summed E-state index contributed by atoms with van der Waals surface area (Å²) in [5, 5.41) is 9.49. The Morgan fingerprint density at radius 3 is 2.95 bits per heavy atom. The van der Waals surface area contributed by atoms with Gasteiger partial charge in [-0.2, -0.15) is 5.10 Å². The van der Waals surface area contributed by atoms with Crippen molar-refractivity contribution in [2.75, 3.05) is 5.32 Å². The minimum Gasteiger partial charge on any atom is -0.318 e. The molecule has 2 aromatic heterocycles. The summed E-state index contributed by atoms with van der Waals surface area (Å²) in [4.78, 5) is 16.6. The first-order chi connectivity index (χ1) is 9.66. The minimum atomic E-state index is -0.356. The maximum Gasteiger partial charge on any atom is 0.248 e. The summed E-state index contributed by atoms with van der Waals surface area (Å²) in [6, 6.07) is 7.39. The second kappa shape index (κ2) is 4.80. The predicted octanol–water partition coefficient (Wildman–Crippen LogP) is 2.27. The van der Waals surface area contributed by atoms with Gasteiger partial charge in [0.15, 0.2) is 0 Å². The molecule has 0 aliphatic rings. The van der Waals surface area contributed by atoms with Gasteiger partial charge >= 0.3 is 0 Å². The van der Waals surface area contributed by atoms with Crippen LogP contribution in [0.3, 0.4) is 0 Å². The number of aryl methyl sites for hydroxylation is 1. The molecular formula is C14H15N5O. The number of amides is 1. The monoisotopic (exact) mass is 269 g/mol. The number of para-hydroxylation sites is 2. The van der Waals surface area contributed by atoms with Crippen LogP contribution in [0.15, 0.2) is 36.8 Å². The van der Waals surface area contributed by atoms with Gasteiger partial charge in [-0.05, 0) is 26.0 Å². The number of imidazole rings is 1. The van der Waals surface area contributed by atoms with Crippen LogP contribution in [0.25, 0.3) is 11.0 Å². The van der Waals surface area contributed by atoms with Crippen LogP contribution in [-0.4, -0.2) is 25.7 Å². The predicted molar refractivity (Wildman–Crippen MR) is 76.4 cm³/mol.